The van der Waals surface area contributed by atoms with Crippen LogP contribution in [-0.4, -0.2) is 17.6 Å². The number of rotatable bonds is 11. The highest BCUT2D eigenvalue weighted by Crippen LogP contribution is 2.15. The van der Waals surface area contributed by atoms with Gasteiger partial charge in [0.1, 0.15) is 0 Å². The Morgan fingerprint density at radius 2 is 1.70 bits per heavy atom. The van der Waals surface area contributed by atoms with Crippen LogP contribution in [0.4, 0.5) is 16.2 Å². The number of benzene rings is 1. The summed E-state index contributed by atoms with van der Waals surface area (Å²) < 4.78 is 0. The first-order valence-electron chi connectivity index (χ1n) is 8.06. The number of hydrogen-bond donors (Lipinski definition) is 2. The molecule has 0 radical (unpaired) electrons. The summed E-state index contributed by atoms with van der Waals surface area (Å²) in [6, 6.07) is 5.09. The number of nitro benzene ring substituents is 1. The Kier molecular flexibility index (Phi) is 9.38. The Morgan fingerprint density at radius 3 is 2.30 bits per heavy atom. The van der Waals surface area contributed by atoms with E-state index in [2.05, 4.69) is 17.7 Å². The van der Waals surface area contributed by atoms with Gasteiger partial charge in [0.2, 0.25) is 0 Å². The lowest BCUT2D eigenvalue weighted by Gasteiger charge is -2.07. The minimum atomic E-state index is -0.498. The quantitative estimate of drug-likeness (QED) is 0.358. The maximum absolute atomic E-state index is 11.6. The Bertz CT molecular complexity index is 477. The van der Waals surface area contributed by atoms with Crippen LogP contribution in [0.25, 0.3) is 0 Å². The molecule has 0 aliphatic carbocycles. The molecule has 1 rings (SSSR count). The molecule has 0 spiro atoms. The van der Waals surface area contributed by atoms with Crippen LogP contribution < -0.4 is 10.8 Å². The van der Waals surface area contributed by atoms with Crippen molar-refractivity contribution in [2.24, 2.45) is 0 Å². The molecular weight excluding hydrogens is 298 g/mol. The van der Waals surface area contributed by atoms with E-state index in [0.29, 0.717) is 12.3 Å². The number of anilines is 1. The molecule has 7 heteroatoms. The van der Waals surface area contributed by atoms with Crippen molar-refractivity contribution >= 4 is 17.4 Å². The fraction of sp³-hybridized carbons (Fsp3) is 0.562. The topological polar surface area (TPSA) is 93.5 Å². The van der Waals surface area contributed by atoms with E-state index in [1.54, 1.807) is 0 Å². The molecular formula is C16H25N3O4. The first-order valence-corrected chi connectivity index (χ1v) is 8.06. The average molecular weight is 323 g/mol. The van der Waals surface area contributed by atoms with E-state index in [1.807, 2.05) is 0 Å². The van der Waals surface area contributed by atoms with Crippen molar-refractivity contribution in [3.63, 3.8) is 0 Å². The van der Waals surface area contributed by atoms with E-state index in [4.69, 9.17) is 4.84 Å². The molecule has 128 valence electrons. The first kappa shape index (κ1) is 18.9. The van der Waals surface area contributed by atoms with Crippen molar-refractivity contribution in [1.29, 1.82) is 0 Å². The molecule has 0 unspecified atom stereocenters. The van der Waals surface area contributed by atoms with Crippen molar-refractivity contribution in [2.45, 2.75) is 51.9 Å². The second-order valence-electron chi connectivity index (χ2n) is 5.33. The van der Waals surface area contributed by atoms with Gasteiger partial charge >= 0.3 is 6.03 Å². The van der Waals surface area contributed by atoms with Crippen molar-refractivity contribution in [2.75, 3.05) is 11.9 Å². The van der Waals surface area contributed by atoms with Gasteiger partial charge in [-0.05, 0) is 18.6 Å². The standard InChI is InChI=1S/C16H25N3O4/c1-2-3-4-5-6-7-8-13-23-18-16(20)17-14-9-11-15(12-10-14)19(21)22/h9-12H,2-8,13H2,1H3,(H2,17,18,20). The zero-order valence-corrected chi connectivity index (χ0v) is 13.5. The van der Waals surface area contributed by atoms with E-state index < -0.39 is 11.0 Å². The van der Waals surface area contributed by atoms with Gasteiger partial charge < -0.3 is 5.32 Å². The second kappa shape index (κ2) is 11.4. The third kappa shape index (κ3) is 8.77. The predicted molar refractivity (Wildman–Crippen MR) is 89.2 cm³/mol. The van der Waals surface area contributed by atoms with Crippen LogP contribution >= 0.6 is 0 Å². The van der Waals surface area contributed by atoms with Crippen LogP contribution in [0, 0.1) is 10.1 Å². The van der Waals surface area contributed by atoms with Crippen molar-refractivity contribution < 1.29 is 14.6 Å². The van der Waals surface area contributed by atoms with Gasteiger partial charge in [0.15, 0.2) is 0 Å². The number of nitrogens with one attached hydrogen (secondary N) is 2. The van der Waals surface area contributed by atoms with E-state index in [9.17, 15) is 14.9 Å². The lowest BCUT2D eigenvalue weighted by atomic mass is 10.1. The Morgan fingerprint density at radius 1 is 1.09 bits per heavy atom. The van der Waals surface area contributed by atoms with Gasteiger partial charge in [-0.1, -0.05) is 45.4 Å². The third-order valence-electron chi connectivity index (χ3n) is 3.35. The predicted octanol–water partition coefficient (Wildman–Crippen LogP) is 4.40. The zero-order valence-electron chi connectivity index (χ0n) is 13.5. The smallest absolute Gasteiger partial charge is 0.306 e. The molecule has 2 amide bonds. The summed E-state index contributed by atoms with van der Waals surface area (Å²) in [6.07, 6.45) is 8.27. The number of carbonyl (C=O) groups excluding carboxylic acids is 1. The van der Waals surface area contributed by atoms with E-state index in [0.717, 1.165) is 12.8 Å². The van der Waals surface area contributed by atoms with Gasteiger partial charge in [0.25, 0.3) is 5.69 Å². The number of carbonyl (C=O) groups is 1. The Balaban J connectivity index is 2.07. The van der Waals surface area contributed by atoms with Crippen LogP contribution in [0.5, 0.6) is 0 Å². The summed E-state index contributed by atoms with van der Waals surface area (Å²) in [4.78, 5) is 26.7. The number of hydrogen-bond acceptors (Lipinski definition) is 4. The van der Waals surface area contributed by atoms with Crippen LogP contribution in [0.15, 0.2) is 24.3 Å². The van der Waals surface area contributed by atoms with Gasteiger partial charge in [-0.3, -0.25) is 15.0 Å². The second-order valence-corrected chi connectivity index (χ2v) is 5.33. The van der Waals surface area contributed by atoms with E-state index in [1.165, 1.54) is 56.4 Å². The number of hydroxylamine groups is 1. The first-order chi connectivity index (χ1) is 11.1. The molecule has 0 aliphatic rings. The summed E-state index contributed by atoms with van der Waals surface area (Å²) in [7, 11) is 0. The normalized spacial score (nSPS) is 10.3. The summed E-state index contributed by atoms with van der Waals surface area (Å²) in [5, 5.41) is 13.1. The maximum Gasteiger partial charge on any atom is 0.343 e. The summed E-state index contributed by atoms with van der Waals surface area (Å²) in [6.45, 7) is 2.67. The Hall–Kier alpha value is -2.15. The number of amides is 2. The molecule has 0 aromatic heterocycles. The summed E-state index contributed by atoms with van der Waals surface area (Å²) >= 11 is 0. The Labute approximate surface area is 136 Å². The van der Waals surface area contributed by atoms with Crippen LogP contribution in [-0.2, 0) is 4.84 Å². The molecule has 7 nitrogen and oxygen atoms in total. The SMILES string of the molecule is CCCCCCCCCONC(=O)Nc1ccc([N+](=O)[O-])cc1. The minimum Gasteiger partial charge on any atom is -0.306 e. The van der Waals surface area contributed by atoms with Gasteiger partial charge in [-0.15, -0.1) is 0 Å². The molecule has 0 saturated heterocycles. The molecule has 0 aliphatic heterocycles. The molecule has 1 aromatic rings. The number of non-ortho nitro benzene ring substituents is 1. The van der Waals surface area contributed by atoms with E-state index >= 15 is 0 Å². The minimum absolute atomic E-state index is 0.0221. The van der Waals surface area contributed by atoms with Crippen LogP contribution in [0.3, 0.4) is 0 Å². The highest BCUT2D eigenvalue weighted by molar-refractivity contribution is 5.88. The molecule has 0 fully saturated rings. The van der Waals surface area contributed by atoms with Gasteiger partial charge in [-0.2, -0.15) is 0 Å². The number of nitro groups is 1. The lowest BCUT2D eigenvalue weighted by Crippen LogP contribution is -2.29. The number of nitrogens with zero attached hydrogens (tertiary/aromatic N) is 1. The highest BCUT2D eigenvalue weighted by Gasteiger charge is 2.06. The molecule has 0 heterocycles. The van der Waals surface area contributed by atoms with Crippen LogP contribution in [0.2, 0.25) is 0 Å². The van der Waals surface area contributed by atoms with Crippen molar-refractivity contribution in [3.8, 4) is 0 Å². The zero-order chi connectivity index (χ0) is 16.9. The van der Waals surface area contributed by atoms with E-state index in [-0.39, 0.29) is 5.69 Å². The summed E-state index contributed by atoms with van der Waals surface area (Å²) in [5.74, 6) is 0. The van der Waals surface area contributed by atoms with Crippen molar-refractivity contribution in [3.05, 3.63) is 34.4 Å². The molecule has 23 heavy (non-hydrogen) atoms. The average Bonchev–Trinajstić information content (AvgIpc) is 2.54. The largest absolute Gasteiger partial charge is 0.343 e. The molecule has 2 N–H and O–H groups in total. The number of urea groups is 1. The summed E-state index contributed by atoms with van der Waals surface area (Å²) in [5.41, 5.74) is 2.74. The molecule has 0 bridgehead atoms. The number of unbranched alkanes of at least 4 members (excludes halogenated alkanes) is 6. The van der Waals surface area contributed by atoms with Gasteiger partial charge in [-0.25, -0.2) is 10.3 Å². The molecule has 0 atom stereocenters. The fourth-order valence-electron chi connectivity index (χ4n) is 2.07. The van der Waals surface area contributed by atoms with Gasteiger partial charge in [0.05, 0.1) is 11.5 Å². The molecule has 1 aromatic carbocycles. The molecule has 0 saturated carbocycles. The fourth-order valence-corrected chi connectivity index (χ4v) is 2.07. The highest BCUT2D eigenvalue weighted by atomic mass is 16.7. The maximum atomic E-state index is 11.6. The van der Waals surface area contributed by atoms with Crippen LogP contribution in [0.1, 0.15) is 51.9 Å². The van der Waals surface area contributed by atoms with Crippen molar-refractivity contribution in [1.82, 2.24) is 5.48 Å². The van der Waals surface area contributed by atoms with Gasteiger partial charge in [0, 0.05) is 17.8 Å². The third-order valence-corrected chi connectivity index (χ3v) is 3.35. The lowest BCUT2D eigenvalue weighted by molar-refractivity contribution is -0.384. The monoisotopic (exact) mass is 323 g/mol.